The number of nitrogens with zero attached hydrogens (tertiary/aromatic N) is 1. The summed E-state index contributed by atoms with van der Waals surface area (Å²) >= 11 is 0. The highest BCUT2D eigenvalue weighted by molar-refractivity contribution is 5.92. The fourth-order valence-corrected chi connectivity index (χ4v) is 3.46. The number of carbonyl (C=O) groups is 3. The van der Waals surface area contributed by atoms with E-state index >= 15 is 0 Å². The highest BCUT2D eigenvalue weighted by atomic mass is 16.6. The van der Waals surface area contributed by atoms with Crippen LogP contribution in [-0.4, -0.2) is 47.0 Å². The van der Waals surface area contributed by atoms with Crippen LogP contribution >= 0.6 is 0 Å². The first-order chi connectivity index (χ1) is 15.4. The molecule has 7 nitrogen and oxygen atoms in total. The van der Waals surface area contributed by atoms with E-state index in [2.05, 4.69) is 23.5 Å². The van der Waals surface area contributed by atoms with Gasteiger partial charge < -0.3 is 20.3 Å². The number of terminal acetylenes is 1. The summed E-state index contributed by atoms with van der Waals surface area (Å²) in [6, 6.07) is 5.28. The first-order valence-corrected chi connectivity index (χ1v) is 11.6. The lowest BCUT2D eigenvalue weighted by molar-refractivity contribution is -0.142. The average molecular weight is 458 g/mol. The summed E-state index contributed by atoms with van der Waals surface area (Å²) in [5.74, 6) is 1.93. The Morgan fingerprint density at radius 3 is 2.15 bits per heavy atom. The molecule has 0 saturated carbocycles. The minimum Gasteiger partial charge on any atom is -0.444 e. The fraction of sp³-hybridized carbons (Fsp3) is 0.577. The zero-order chi connectivity index (χ0) is 25.2. The van der Waals surface area contributed by atoms with Crippen LogP contribution in [-0.2, 0) is 14.3 Å². The molecular weight excluding hydrogens is 418 g/mol. The van der Waals surface area contributed by atoms with E-state index in [1.807, 2.05) is 13.8 Å². The topological polar surface area (TPSA) is 87.7 Å². The van der Waals surface area contributed by atoms with Gasteiger partial charge in [-0.2, -0.15) is 0 Å². The first-order valence-electron chi connectivity index (χ1n) is 11.6. The largest absolute Gasteiger partial charge is 0.444 e. The number of amides is 3. The number of nitrogens with one attached hydrogen (secondary N) is 2. The van der Waals surface area contributed by atoms with Crippen molar-refractivity contribution in [2.75, 3.05) is 6.54 Å². The fourth-order valence-electron chi connectivity index (χ4n) is 3.46. The molecule has 1 aromatic carbocycles. The Balaban J connectivity index is 3.27. The van der Waals surface area contributed by atoms with E-state index in [-0.39, 0.29) is 17.9 Å². The molecule has 2 N–H and O–H groups in total. The highest BCUT2D eigenvalue weighted by Crippen LogP contribution is 2.24. The molecule has 0 aliphatic carbocycles. The number of ether oxygens (including phenoxy) is 1. The Morgan fingerprint density at radius 2 is 1.67 bits per heavy atom. The van der Waals surface area contributed by atoms with Gasteiger partial charge in [0.25, 0.3) is 0 Å². The van der Waals surface area contributed by atoms with Crippen molar-refractivity contribution < 1.29 is 19.1 Å². The minimum atomic E-state index is -0.875. The predicted octanol–water partition coefficient (Wildman–Crippen LogP) is 4.17. The molecule has 1 aromatic rings. The van der Waals surface area contributed by atoms with E-state index in [0.717, 1.165) is 12.8 Å². The second-order valence-electron chi connectivity index (χ2n) is 9.27. The minimum absolute atomic E-state index is 0.0362. The quantitative estimate of drug-likeness (QED) is 0.516. The van der Waals surface area contributed by atoms with Gasteiger partial charge in [-0.3, -0.25) is 9.59 Å². The molecule has 3 amide bonds. The van der Waals surface area contributed by atoms with Gasteiger partial charge in [0.1, 0.15) is 17.7 Å². The summed E-state index contributed by atoms with van der Waals surface area (Å²) in [5.41, 5.74) is 0.652. The molecule has 0 saturated heterocycles. The van der Waals surface area contributed by atoms with E-state index in [9.17, 15) is 14.4 Å². The van der Waals surface area contributed by atoms with Crippen molar-refractivity contribution in [3.8, 4) is 12.3 Å². The standard InChI is InChI=1S/C26H39N3O4/c1-9-12-18(4)27-23(30)22(21-15-13-20(11-3)14-16-21)29(17-10-2)24(31)19(5)28-25(32)33-26(6,7)8/h3,13-16,18-19,22H,9-10,12,17H2,1-2,4-8H3,(H,27,30)(H,28,32). The summed E-state index contributed by atoms with van der Waals surface area (Å²) in [5, 5.41) is 5.62. The van der Waals surface area contributed by atoms with Crippen molar-refractivity contribution in [1.82, 2.24) is 15.5 Å². The maximum atomic E-state index is 13.4. The Bertz CT molecular complexity index is 837. The molecule has 0 radical (unpaired) electrons. The van der Waals surface area contributed by atoms with Crippen LogP contribution in [0.4, 0.5) is 4.79 Å². The smallest absolute Gasteiger partial charge is 0.408 e. The lowest BCUT2D eigenvalue weighted by Crippen LogP contribution is -2.52. The van der Waals surface area contributed by atoms with Crippen molar-refractivity contribution in [2.45, 2.75) is 91.5 Å². The zero-order valence-electron chi connectivity index (χ0n) is 21.0. The van der Waals surface area contributed by atoms with Gasteiger partial charge in [-0.25, -0.2) is 4.79 Å². The monoisotopic (exact) mass is 457 g/mol. The van der Waals surface area contributed by atoms with Crippen LogP contribution in [0.15, 0.2) is 24.3 Å². The van der Waals surface area contributed by atoms with E-state index < -0.39 is 23.8 Å². The lowest BCUT2D eigenvalue weighted by atomic mass is 10.0. The lowest BCUT2D eigenvalue weighted by Gasteiger charge is -2.34. The van der Waals surface area contributed by atoms with E-state index in [1.165, 1.54) is 4.90 Å². The van der Waals surface area contributed by atoms with Gasteiger partial charge in [0, 0.05) is 18.2 Å². The van der Waals surface area contributed by atoms with Crippen molar-refractivity contribution in [3.05, 3.63) is 35.4 Å². The van der Waals surface area contributed by atoms with Crippen LogP contribution in [0.5, 0.6) is 0 Å². The van der Waals surface area contributed by atoms with Crippen molar-refractivity contribution in [3.63, 3.8) is 0 Å². The van der Waals surface area contributed by atoms with Crippen molar-refractivity contribution >= 4 is 17.9 Å². The summed E-state index contributed by atoms with van der Waals surface area (Å²) in [6.07, 6.45) is 7.18. The zero-order valence-corrected chi connectivity index (χ0v) is 21.0. The number of hydrogen-bond donors (Lipinski definition) is 2. The summed E-state index contributed by atoms with van der Waals surface area (Å²) in [4.78, 5) is 40.5. The van der Waals surface area contributed by atoms with E-state index in [1.54, 1.807) is 52.0 Å². The second-order valence-corrected chi connectivity index (χ2v) is 9.27. The first kappa shape index (κ1) is 28.0. The SMILES string of the molecule is C#Cc1ccc(C(C(=O)NC(C)CCC)N(CCC)C(=O)C(C)NC(=O)OC(C)(C)C)cc1. The van der Waals surface area contributed by atoms with Crippen LogP contribution in [0.1, 0.15) is 84.9 Å². The molecule has 7 heteroatoms. The average Bonchev–Trinajstić information content (AvgIpc) is 2.72. The normalized spacial score (nSPS) is 13.8. The third-order valence-corrected chi connectivity index (χ3v) is 4.91. The molecule has 3 unspecified atom stereocenters. The third-order valence-electron chi connectivity index (χ3n) is 4.91. The highest BCUT2D eigenvalue weighted by Gasteiger charge is 2.34. The second kappa shape index (κ2) is 12.9. The molecule has 0 bridgehead atoms. The van der Waals surface area contributed by atoms with Gasteiger partial charge in [-0.05, 0) is 65.2 Å². The van der Waals surface area contributed by atoms with Crippen LogP contribution in [0.3, 0.4) is 0 Å². The predicted molar refractivity (Wildman–Crippen MR) is 130 cm³/mol. The van der Waals surface area contributed by atoms with Crippen LogP contribution in [0.2, 0.25) is 0 Å². The Morgan fingerprint density at radius 1 is 1.06 bits per heavy atom. The van der Waals surface area contributed by atoms with Gasteiger partial charge in [0.05, 0.1) is 0 Å². The molecule has 0 fully saturated rings. The maximum Gasteiger partial charge on any atom is 0.408 e. The molecule has 0 aromatic heterocycles. The maximum absolute atomic E-state index is 13.4. The number of rotatable bonds is 10. The Kier molecular flexibility index (Phi) is 10.9. The van der Waals surface area contributed by atoms with Gasteiger partial charge >= 0.3 is 6.09 Å². The summed E-state index contributed by atoms with van der Waals surface area (Å²) in [7, 11) is 0. The Labute approximate surface area is 198 Å². The van der Waals surface area contributed by atoms with E-state index in [4.69, 9.17) is 11.2 Å². The van der Waals surface area contributed by atoms with Gasteiger partial charge in [0.2, 0.25) is 11.8 Å². The third kappa shape index (κ3) is 9.17. The van der Waals surface area contributed by atoms with Crippen LogP contribution < -0.4 is 10.6 Å². The number of benzene rings is 1. The summed E-state index contributed by atoms with van der Waals surface area (Å²) < 4.78 is 5.28. The molecule has 0 spiro atoms. The molecule has 0 aliphatic rings. The van der Waals surface area contributed by atoms with Crippen LogP contribution in [0, 0.1) is 12.3 Å². The molecule has 0 heterocycles. The number of hydrogen-bond acceptors (Lipinski definition) is 4. The summed E-state index contributed by atoms with van der Waals surface area (Å²) in [6.45, 7) is 13.1. The Hall–Kier alpha value is -3.01. The molecule has 0 aliphatic heterocycles. The van der Waals surface area contributed by atoms with Gasteiger partial charge in [0.15, 0.2) is 0 Å². The van der Waals surface area contributed by atoms with Crippen LogP contribution in [0.25, 0.3) is 0 Å². The van der Waals surface area contributed by atoms with E-state index in [0.29, 0.717) is 24.1 Å². The molecule has 33 heavy (non-hydrogen) atoms. The molecule has 1 rings (SSSR count). The molecule has 182 valence electrons. The van der Waals surface area contributed by atoms with Gasteiger partial charge in [-0.15, -0.1) is 6.42 Å². The molecule has 3 atom stereocenters. The number of carbonyl (C=O) groups excluding carboxylic acids is 3. The van der Waals surface area contributed by atoms with Crippen molar-refractivity contribution in [2.24, 2.45) is 0 Å². The van der Waals surface area contributed by atoms with Crippen molar-refractivity contribution in [1.29, 1.82) is 0 Å². The molecular formula is C26H39N3O4. The number of alkyl carbamates (subject to hydrolysis) is 1. The van der Waals surface area contributed by atoms with Gasteiger partial charge in [-0.1, -0.05) is 38.3 Å².